The number of rotatable bonds is 18. The maximum Gasteiger partial charge on any atom is 0.243 e. The molecule has 0 aliphatic carbocycles. The average molecular weight is 695 g/mol. The summed E-state index contributed by atoms with van der Waals surface area (Å²) in [5.41, 5.74) is 0.585. The molecule has 2 aromatic carbocycles. The normalized spacial score (nSPS) is 12.4. The van der Waals surface area contributed by atoms with Crippen molar-refractivity contribution in [3.05, 3.63) is 45.3 Å². The summed E-state index contributed by atoms with van der Waals surface area (Å²) >= 11 is 6.72. The highest BCUT2D eigenvalue weighted by Crippen LogP contribution is 2.36. The molecule has 2 rings (SSSR count). The van der Waals surface area contributed by atoms with E-state index in [2.05, 4.69) is 45.7 Å². The zero-order valence-electron chi connectivity index (χ0n) is 22.6. The maximum atomic E-state index is 14.2. The third-order valence-electron chi connectivity index (χ3n) is 6.62. The predicted molar refractivity (Wildman–Crippen MR) is 164 cm³/mol. The van der Waals surface area contributed by atoms with E-state index in [0.29, 0.717) is 27.6 Å². The van der Waals surface area contributed by atoms with Crippen LogP contribution < -0.4 is 5.14 Å². The van der Waals surface area contributed by atoms with E-state index in [-0.39, 0.29) is 15.4 Å². The van der Waals surface area contributed by atoms with Crippen molar-refractivity contribution in [1.29, 1.82) is 0 Å². The first kappa shape index (κ1) is 33.4. The van der Waals surface area contributed by atoms with Gasteiger partial charge < -0.3 is 0 Å². The Morgan fingerprint density at radius 2 is 1.03 bits per heavy atom. The third-order valence-corrected chi connectivity index (χ3v) is 10.5. The van der Waals surface area contributed by atoms with E-state index >= 15 is 0 Å². The maximum absolute atomic E-state index is 14.2. The van der Waals surface area contributed by atoms with Gasteiger partial charge in [-0.05, 0) is 37.1 Å². The van der Waals surface area contributed by atoms with Crippen LogP contribution in [0.2, 0.25) is 0 Å². The molecule has 2 aromatic rings. The van der Waals surface area contributed by atoms with Crippen molar-refractivity contribution in [2.45, 2.75) is 101 Å². The summed E-state index contributed by atoms with van der Waals surface area (Å²) in [5, 5.41) is 5.53. The van der Waals surface area contributed by atoms with Crippen molar-refractivity contribution in [2.24, 2.45) is 5.14 Å². The Morgan fingerprint density at radius 3 is 1.47 bits per heavy atom. The Labute approximate surface area is 247 Å². The highest BCUT2D eigenvalue weighted by Gasteiger charge is 2.29. The first-order chi connectivity index (χ1) is 18.0. The lowest BCUT2D eigenvalue weighted by Gasteiger charge is -2.24. The summed E-state index contributed by atoms with van der Waals surface area (Å²) < 4.78 is 55.9. The highest BCUT2D eigenvalue weighted by atomic mass is 79.9. The Kier molecular flexibility index (Phi) is 14.5. The first-order valence-corrected chi connectivity index (χ1v) is 18.2. The van der Waals surface area contributed by atoms with E-state index in [0.717, 1.165) is 51.4 Å². The molecule has 0 saturated heterocycles. The highest BCUT2D eigenvalue weighted by molar-refractivity contribution is 9.10. The second kappa shape index (κ2) is 16.5. The van der Waals surface area contributed by atoms with Crippen molar-refractivity contribution in [2.75, 3.05) is 13.1 Å². The number of hydrogen-bond donors (Lipinski definition) is 1. The molecule has 0 amide bonds. The zero-order valence-corrected chi connectivity index (χ0v) is 27.4. The lowest BCUT2D eigenvalue weighted by Crippen LogP contribution is -2.33. The summed E-state index contributed by atoms with van der Waals surface area (Å²) in [4.78, 5) is -0.0416. The van der Waals surface area contributed by atoms with Crippen molar-refractivity contribution >= 4 is 51.9 Å². The monoisotopic (exact) mass is 692 g/mol. The van der Waals surface area contributed by atoms with E-state index in [9.17, 15) is 16.8 Å². The van der Waals surface area contributed by atoms with Crippen LogP contribution in [0.25, 0.3) is 11.1 Å². The van der Waals surface area contributed by atoms with Crippen LogP contribution in [-0.2, 0) is 20.0 Å². The van der Waals surface area contributed by atoms with Gasteiger partial charge in [0.05, 0.1) is 9.79 Å². The van der Waals surface area contributed by atoms with Gasteiger partial charge in [0, 0.05) is 33.2 Å². The molecule has 2 N–H and O–H groups in total. The minimum Gasteiger partial charge on any atom is -0.225 e. The molecule has 6 nitrogen and oxygen atoms in total. The smallest absolute Gasteiger partial charge is 0.225 e. The minimum atomic E-state index is -4.10. The summed E-state index contributed by atoms with van der Waals surface area (Å²) in [7, 11) is -8.01. The van der Waals surface area contributed by atoms with Gasteiger partial charge in [-0.25, -0.2) is 22.0 Å². The molecule has 0 unspecified atom stereocenters. The molecule has 0 atom stereocenters. The molecule has 0 aromatic heterocycles. The average Bonchev–Trinajstić information content (AvgIpc) is 2.86. The fourth-order valence-electron chi connectivity index (χ4n) is 4.51. The van der Waals surface area contributed by atoms with Crippen LogP contribution >= 0.6 is 31.9 Å². The van der Waals surface area contributed by atoms with Crippen LogP contribution in [0, 0.1) is 0 Å². The van der Waals surface area contributed by atoms with Crippen molar-refractivity contribution in [3.8, 4) is 11.1 Å². The number of primary sulfonamides is 1. The van der Waals surface area contributed by atoms with Gasteiger partial charge >= 0.3 is 0 Å². The van der Waals surface area contributed by atoms with Crippen molar-refractivity contribution in [1.82, 2.24) is 4.31 Å². The van der Waals surface area contributed by atoms with Crippen LogP contribution in [0.3, 0.4) is 0 Å². The topological polar surface area (TPSA) is 97.5 Å². The second-order valence-electron chi connectivity index (χ2n) is 9.77. The van der Waals surface area contributed by atoms with Crippen LogP contribution in [0.5, 0.6) is 0 Å². The Hall–Kier alpha value is -0.780. The fraction of sp³-hybridized carbons (Fsp3) is 0.571. The molecule has 214 valence electrons. The quantitative estimate of drug-likeness (QED) is 0.159. The van der Waals surface area contributed by atoms with Gasteiger partial charge in [-0.2, -0.15) is 4.31 Å². The summed E-state index contributed by atoms with van der Waals surface area (Å²) in [6, 6.07) is 9.62. The number of nitrogens with zero attached hydrogens (tertiary/aromatic N) is 1. The predicted octanol–water partition coefficient (Wildman–Crippen LogP) is 8.24. The van der Waals surface area contributed by atoms with E-state index < -0.39 is 20.0 Å². The Balaban J connectivity index is 2.43. The van der Waals surface area contributed by atoms with Gasteiger partial charge in [0.1, 0.15) is 0 Å². The Bertz CT molecular complexity index is 1220. The molecule has 0 radical (unpaired) electrons. The molecule has 0 spiro atoms. The van der Waals surface area contributed by atoms with Crippen LogP contribution in [0.15, 0.2) is 55.1 Å². The first-order valence-electron chi connectivity index (χ1n) is 13.6. The lowest BCUT2D eigenvalue weighted by atomic mass is 10.1. The van der Waals surface area contributed by atoms with E-state index in [1.807, 2.05) is 0 Å². The van der Waals surface area contributed by atoms with E-state index in [1.54, 1.807) is 34.6 Å². The standard InChI is InChI=1S/C28H42Br2N2O4S2/c1-3-5-7-9-11-13-19-32(20-14-12-10-8-6-4-2)38(35,36)28-22-24(30)16-18-26(28)25-17-15-23(29)21-27(25)37(31,33)34/h15-18,21-22H,3-14,19-20H2,1-2H3,(H2,31,33,34). The largest absolute Gasteiger partial charge is 0.243 e. The van der Waals surface area contributed by atoms with Crippen molar-refractivity contribution in [3.63, 3.8) is 0 Å². The molecule has 0 saturated carbocycles. The van der Waals surface area contributed by atoms with E-state index in [4.69, 9.17) is 5.14 Å². The molecule has 0 heterocycles. The second-order valence-corrected chi connectivity index (χ2v) is 15.0. The fourth-order valence-corrected chi connectivity index (χ4v) is 8.06. The molecular weight excluding hydrogens is 652 g/mol. The molecule has 38 heavy (non-hydrogen) atoms. The van der Waals surface area contributed by atoms with Gasteiger partial charge in [-0.1, -0.05) is 122 Å². The number of benzene rings is 2. The zero-order chi connectivity index (χ0) is 28.2. The summed E-state index contributed by atoms with van der Waals surface area (Å²) in [6.07, 6.45) is 12.8. The summed E-state index contributed by atoms with van der Waals surface area (Å²) in [6.45, 7) is 5.24. The molecule has 0 aliphatic rings. The molecule has 0 fully saturated rings. The molecular formula is C28H42Br2N2O4S2. The van der Waals surface area contributed by atoms with Gasteiger partial charge in [0.25, 0.3) is 0 Å². The van der Waals surface area contributed by atoms with Gasteiger partial charge in [0.15, 0.2) is 0 Å². The number of unbranched alkanes of at least 4 members (excludes halogenated alkanes) is 10. The minimum absolute atomic E-state index is 0.0797. The number of sulfonamides is 2. The SMILES string of the molecule is CCCCCCCCN(CCCCCCCC)S(=O)(=O)c1cc(Br)ccc1-c1ccc(Br)cc1S(N)(=O)=O. The molecule has 0 aliphatic heterocycles. The lowest BCUT2D eigenvalue weighted by molar-refractivity contribution is 0.383. The van der Waals surface area contributed by atoms with E-state index in [1.165, 1.54) is 31.7 Å². The molecule has 0 bridgehead atoms. The van der Waals surface area contributed by atoms with Gasteiger partial charge in [-0.3, -0.25) is 0 Å². The van der Waals surface area contributed by atoms with Crippen LogP contribution in [0.1, 0.15) is 90.9 Å². The number of hydrogen-bond acceptors (Lipinski definition) is 4. The van der Waals surface area contributed by atoms with Gasteiger partial charge in [0.2, 0.25) is 20.0 Å². The number of halogens is 2. The summed E-state index contributed by atoms with van der Waals surface area (Å²) in [5.74, 6) is 0. The number of nitrogens with two attached hydrogens (primary N) is 1. The van der Waals surface area contributed by atoms with Gasteiger partial charge in [-0.15, -0.1) is 0 Å². The Morgan fingerprint density at radius 1 is 0.632 bits per heavy atom. The third kappa shape index (κ3) is 10.3. The molecule has 10 heteroatoms. The van der Waals surface area contributed by atoms with Crippen LogP contribution in [0.4, 0.5) is 0 Å². The van der Waals surface area contributed by atoms with Crippen LogP contribution in [-0.4, -0.2) is 34.2 Å². The van der Waals surface area contributed by atoms with Crippen molar-refractivity contribution < 1.29 is 16.8 Å².